The second kappa shape index (κ2) is 5.77. The van der Waals surface area contributed by atoms with Crippen molar-refractivity contribution in [1.29, 1.82) is 0 Å². The number of anilines is 1. The predicted octanol–water partition coefficient (Wildman–Crippen LogP) is 2.73. The Balaban J connectivity index is 2.21. The zero-order chi connectivity index (χ0) is 15.7. The average Bonchev–Trinajstić information content (AvgIpc) is 2.82. The van der Waals surface area contributed by atoms with Gasteiger partial charge in [0.2, 0.25) is 0 Å². The number of hydrogen-bond acceptors (Lipinski definition) is 4. The molecule has 0 radical (unpaired) electrons. The van der Waals surface area contributed by atoms with E-state index in [2.05, 4.69) is 46.6 Å². The van der Waals surface area contributed by atoms with Crippen LogP contribution >= 0.6 is 0 Å². The molecule has 2 heterocycles. The fourth-order valence-corrected chi connectivity index (χ4v) is 2.61. The Morgan fingerprint density at radius 1 is 1.14 bits per heavy atom. The minimum Gasteiger partial charge on any atom is -0.395 e. The summed E-state index contributed by atoms with van der Waals surface area (Å²) in [5, 5.41) is 16.8. The molecule has 3 aromatic rings. The van der Waals surface area contributed by atoms with Crippen LogP contribution in [0.4, 0.5) is 5.82 Å². The van der Waals surface area contributed by atoms with Gasteiger partial charge >= 0.3 is 0 Å². The first-order valence-electron chi connectivity index (χ1n) is 7.39. The highest BCUT2D eigenvalue weighted by atomic mass is 16.3. The quantitative estimate of drug-likeness (QED) is 0.777. The van der Waals surface area contributed by atoms with E-state index in [4.69, 9.17) is 5.11 Å². The number of benzene rings is 1. The average molecular weight is 296 g/mol. The number of nitrogens with zero attached hydrogens (tertiary/aromatic N) is 3. The molecule has 3 rings (SSSR count). The summed E-state index contributed by atoms with van der Waals surface area (Å²) in [5.74, 6) is 0.845. The second-order valence-electron chi connectivity index (χ2n) is 5.49. The number of aliphatic hydroxyl groups excluding tert-OH is 1. The molecule has 0 unspecified atom stereocenters. The fraction of sp³-hybridized carbons (Fsp3) is 0.294. The first-order valence-corrected chi connectivity index (χ1v) is 7.39. The molecule has 0 amide bonds. The van der Waals surface area contributed by atoms with Gasteiger partial charge in [-0.1, -0.05) is 29.8 Å². The van der Waals surface area contributed by atoms with Gasteiger partial charge in [0.05, 0.1) is 12.3 Å². The van der Waals surface area contributed by atoms with Gasteiger partial charge in [-0.25, -0.2) is 4.98 Å². The lowest BCUT2D eigenvalue weighted by Crippen LogP contribution is -2.10. The normalized spacial score (nSPS) is 11.1. The molecule has 0 spiro atoms. The monoisotopic (exact) mass is 296 g/mol. The van der Waals surface area contributed by atoms with Gasteiger partial charge in [-0.2, -0.15) is 9.61 Å². The van der Waals surface area contributed by atoms with Crippen LogP contribution in [0, 0.1) is 20.8 Å². The molecule has 0 saturated heterocycles. The topological polar surface area (TPSA) is 62.5 Å². The molecule has 0 atom stereocenters. The highest BCUT2D eigenvalue weighted by Gasteiger charge is 2.15. The Kier molecular flexibility index (Phi) is 3.81. The maximum absolute atomic E-state index is 9.02. The Bertz CT molecular complexity index is 806. The maximum atomic E-state index is 9.02. The van der Waals surface area contributed by atoms with Crippen LogP contribution in [0.15, 0.2) is 30.3 Å². The Morgan fingerprint density at radius 3 is 2.55 bits per heavy atom. The van der Waals surface area contributed by atoms with E-state index in [0.29, 0.717) is 6.54 Å². The minimum atomic E-state index is 0.0773. The van der Waals surface area contributed by atoms with Crippen molar-refractivity contribution in [3.05, 3.63) is 47.3 Å². The van der Waals surface area contributed by atoms with E-state index in [1.807, 2.05) is 24.4 Å². The lowest BCUT2D eigenvalue weighted by atomic mass is 10.0. The van der Waals surface area contributed by atoms with Gasteiger partial charge in [-0.05, 0) is 26.3 Å². The summed E-state index contributed by atoms with van der Waals surface area (Å²) in [6.45, 7) is 6.59. The number of nitrogens with one attached hydrogen (secondary N) is 1. The van der Waals surface area contributed by atoms with Crippen LogP contribution in [-0.4, -0.2) is 32.9 Å². The van der Waals surface area contributed by atoms with Crippen LogP contribution < -0.4 is 5.32 Å². The highest BCUT2D eigenvalue weighted by molar-refractivity contribution is 5.81. The Morgan fingerprint density at radius 2 is 1.86 bits per heavy atom. The van der Waals surface area contributed by atoms with E-state index in [1.54, 1.807) is 0 Å². The third kappa shape index (κ3) is 2.55. The zero-order valence-electron chi connectivity index (χ0n) is 13.1. The molecule has 5 heteroatoms. The smallest absolute Gasteiger partial charge is 0.165 e. The number of aryl methyl sites for hydroxylation is 3. The molecule has 0 aliphatic heterocycles. The summed E-state index contributed by atoms with van der Waals surface area (Å²) in [6, 6.07) is 10.3. The number of aliphatic hydroxyl groups is 1. The van der Waals surface area contributed by atoms with Crippen molar-refractivity contribution in [3.8, 4) is 11.1 Å². The SMILES string of the molecule is Cc1ccc(-c2c(C)nn3c(NCCO)cc(C)nc23)cc1. The van der Waals surface area contributed by atoms with Crippen molar-refractivity contribution >= 4 is 11.5 Å². The lowest BCUT2D eigenvalue weighted by molar-refractivity contribution is 0.311. The molecule has 0 fully saturated rings. The van der Waals surface area contributed by atoms with Gasteiger partial charge < -0.3 is 10.4 Å². The molecular weight excluding hydrogens is 276 g/mol. The van der Waals surface area contributed by atoms with Gasteiger partial charge in [0.1, 0.15) is 5.82 Å². The number of rotatable bonds is 4. The van der Waals surface area contributed by atoms with Crippen molar-refractivity contribution in [1.82, 2.24) is 14.6 Å². The molecule has 2 aromatic heterocycles. The van der Waals surface area contributed by atoms with Gasteiger partial charge in [-0.3, -0.25) is 0 Å². The summed E-state index contributed by atoms with van der Waals surface area (Å²) in [5.41, 5.74) is 6.09. The van der Waals surface area contributed by atoms with Crippen LogP contribution in [0.5, 0.6) is 0 Å². The van der Waals surface area contributed by atoms with Crippen molar-refractivity contribution in [2.75, 3.05) is 18.5 Å². The lowest BCUT2D eigenvalue weighted by Gasteiger charge is -2.08. The predicted molar refractivity (Wildman–Crippen MR) is 88.2 cm³/mol. The van der Waals surface area contributed by atoms with Gasteiger partial charge in [-0.15, -0.1) is 0 Å². The van der Waals surface area contributed by atoms with Crippen molar-refractivity contribution in [3.63, 3.8) is 0 Å². The van der Waals surface area contributed by atoms with Crippen molar-refractivity contribution < 1.29 is 5.11 Å². The summed E-state index contributed by atoms with van der Waals surface area (Å²) in [7, 11) is 0. The first-order chi connectivity index (χ1) is 10.6. The van der Waals surface area contributed by atoms with Gasteiger partial charge in [0.25, 0.3) is 0 Å². The van der Waals surface area contributed by atoms with Crippen LogP contribution in [0.25, 0.3) is 16.8 Å². The van der Waals surface area contributed by atoms with Crippen LogP contribution in [0.1, 0.15) is 17.0 Å². The molecule has 22 heavy (non-hydrogen) atoms. The first kappa shape index (κ1) is 14.5. The second-order valence-corrected chi connectivity index (χ2v) is 5.49. The molecular formula is C17H20N4O. The van der Waals surface area contributed by atoms with E-state index in [0.717, 1.165) is 34.0 Å². The van der Waals surface area contributed by atoms with Gasteiger partial charge in [0.15, 0.2) is 5.65 Å². The molecule has 0 bridgehead atoms. The molecule has 5 nitrogen and oxygen atoms in total. The van der Waals surface area contributed by atoms with Crippen molar-refractivity contribution in [2.24, 2.45) is 0 Å². The highest BCUT2D eigenvalue weighted by Crippen LogP contribution is 2.29. The van der Waals surface area contributed by atoms with Crippen LogP contribution in [0.2, 0.25) is 0 Å². The van der Waals surface area contributed by atoms with E-state index < -0.39 is 0 Å². The summed E-state index contributed by atoms with van der Waals surface area (Å²) >= 11 is 0. The van der Waals surface area contributed by atoms with E-state index in [1.165, 1.54) is 5.56 Å². The molecule has 2 N–H and O–H groups in total. The maximum Gasteiger partial charge on any atom is 0.165 e. The number of aromatic nitrogens is 3. The van der Waals surface area contributed by atoms with E-state index in [-0.39, 0.29) is 6.61 Å². The Hall–Kier alpha value is -2.40. The molecule has 114 valence electrons. The third-order valence-electron chi connectivity index (χ3n) is 3.65. The van der Waals surface area contributed by atoms with E-state index >= 15 is 0 Å². The number of fused-ring (bicyclic) bond motifs is 1. The summed E-state index contributed by atoms with van der Waals surface area (Å²) in [4.78, 5) is 4.66. The van der Waals surface area contributed by atoms with Gasteiger partial charge in [0, 0.05) is 23.9 Å². The molecule has 0 aliphatic rings. The fourth-order valence-electron chi connectivity index (χ4n) is 2.61. The summed E-state index contributed by atoms with van der Waals surface area (Å²) < 4.78 is 1.81. The van der Waals surface area contributed by atoms with Crippen LogP contribution in [-0.2, 0) is 0 Å². The van der Waals surface area contributed by atoms with E-state index in [9.17, 15) is 0 Å². The summed E-state index contributed by atoms with van der Waals surface area (Å²) in [6.07, 6.45) is 0. The standard InChI is InChI=1S/C17H20N4O/c1-11-4-6-14(7-5-11)16-13(3)20-21-15(18-8-9-22)10-12(2)19-17(16)21/h4-7,10,18,22H,8-9H2,1-3H3. The largest absolute Gasteiger partial charge is 0.395 e. The number of hydrogen-bond donors (Lipinski definition) is 2. The minimum absolute atomic E-state index is 0.0773. The van der Waals surface area contributed by atoms with Crippen LogP contribution in [0.3, 0.4) is 0 Å². The molecule has 0 saturated carbocycles. The zero-order valence-corrected chi connectivity index (χ0v) is 13.1. The molecule has 0 aliphatic carbocycles. The Labute approximate surface area is 129 Å². The molecule has 1 aromatic carbocycles. The van der Waals surface area contributed by atoms with Crippen molar-refractivity contribution in [2.45, 2.75) is 20.8 Å². The third-order valence-corrected chi connectivity index (χ3v) is 3.65.